The molecule has 1 aliphatic heterocycles. The summed E-state index contributed by atoms with van der Waals surface area (Å²) in [6.45, 7) is 1.88. The number of pyridine rings is 1. The van der Waals surface area contributed by atoms with Gasteiger partial charge < -0.3 is 15.0 Å². The summed E-state index contributed by atoms with van der Waals surface area (Å²) in [6, 6.07) is 10.4. The standard InChI is InChI=1S/C21H21N5O3/c1-14-8-19-18(11-22-14)25(2)20(27)17(13-29-19)24-21(28)26-12-16(10-23-26)9-15-6-4-3-5-7-15/h3-8,10-12,17H,9,13H2,1-2H3,(H,24,28)/t17-/m0/s1. The topological polar surface area (TPSA) is 89.4 Å². The van der Waals surface area contributed by atoms with Crippen molar-refractivity contribution >= 4 is 17.6 Å². The van der Waals surface area contributed by atoms with Gasteiger partial charge in [-0.25, -0.2) is 4.79 Å². The van der Waals surface area contributed by atoms with Gasteiger partial charge >= 0.3 is 6.03 Å². The Morgan fingerprint density at radius 1 is 1.24 bits per heavy atom. The number of nitrogens with one attached hydrogen (secondary N) is 1. The molecule has 2 aromatic heterocycles. The third-order valence-electron chi connectivity index (χ3n) is 4.77. The molecule has 0 saturated carbocycles. The monoisotopic (exact) mass is 391 g/mol. The molecule has 3 heterocycles. The molecule has 148 valence electrons. The number of carbonyl (C=O) groups excluding carboxylic acids is 2. The molecule has 0 spiro atoms. The molecule has 1 aliphatic rings. The third-order valence-corrected chi connectivity index (χ3v) is 4.77. The predicted octanol–water partition coefficient (Wildman–Crippen LogP) is 2.16. The van der Waals surface area contributed by atoms with Gasteiger partial charge in [0.2, 0.25) is 0 Å². The first kappa shape index (κ1) is 18.7. The van der Waals surface area contributed by atoms with Gasteiger partial charge in [0.05, 0.1) is 12.4 Å². The fraction of sp³-hybridized carbons (Fsp3) is 0.238. The van der Waals surface area contributed by atoms with Crippen LogP contribution in [0.2, 0.25) is 0 Å². The highest BCUT2D eigenvalue weighted by Gasteiger charge is 2.31. The van der Waals surface area contributed by atoms with E-state index in [0.29, 0.717) is 17.9 Å². The van der Waals surface area contributed by atoms with Crippen LogP contribution in [-0.2, 0) is 11.2 Å². The van der Waals surface area contributed by atoms with Gasteiger partial charge in [0, 0.05) is 31.4 Å². The molecule has 0 unspecified atom stereocenters. The maximum absolute atomic E-state index is 12.8. The van der Waals surface area contributed by atoms with Gasteiger partial charge in [-0.15, -0.1) is 0 Å². The lowest BCUT2D eigenvalue weighted by Crippen LogP contribution is -2.50. The van der Waals surface area contributed by atoms with Crippen LogP contribution in [0.1, 0.15) is 16.8 Å². The van der Waals surface area contributed by atoms with E-state index < -0.39 is 12.1 Å². The second kappa shape index (κ2) is 7.75. The van der Waals surface area contributed by atoms with Gasteiger partial charge in [0.15, 0.2) is 0 Å². The third kappa shape index (κ3) is 3.96. The number of ether oxygens (including phenoxy) is 1. The van der Waals surface area contributed by atoms with Gasteiger partial charge in [-0.1, -0.05) is 30.3 Å². The smallest absolute Gasteiger partial charge is 0.342 e. The van der Waals surface area contributed by atoms with E-state index in [1.54, 1.807) is 31.7 Å². The normalized spacial score (nSPS) is 16.0. The number of hydrogen-bond donors (Lipinski definition) is 1. The Morgan fingerprint density at radius 3 is 2.83 bits per heavy atom. The number of fused-ring (bicyclic) bond motifs is 1. The highest BCUT2D eigenvalue weighted by Crippen LogP contribution is 2.30. The Kier molecular flexibility index (Phi) is 4.99. The van der Waals surface area contributed by atoms with E-state index in [2.05, 4.69) is 15.4 Å². The molecular formula is C21H21N5O3. The highest BCUT2D eigenvalue weighted by molar-refractivity contribution is 6.00. The Hall–Kier alpha value is -3.68. The summed E-state index contributed by atoms with van der Waals surface area (Å²) < 4.78 is 6.96. The van der Waals surface area contributed by atoms with Crippen molar-refractivity contribution in [2.75, 3.05) is 18.6 Å². The first-order valence-corrected chi connectivity index (χ1v) is 9.26. The van der Waals surface area contributed by atoms with Crippen LogP contribution in [0.15, 0.2) is 55.0 Å². The van der Waals surface area contributed by atoms with E-state index >= 15 is 0 Å². The molecule has 1 N–H and O–H groups in total. The maximum atomic E-state index is 12.8. The fourth-order valence-electron chi connectivity index (χ4n) is 3.20. The summed E-state index contributed by atoms with van der Waals surface area (Å²) in [7, 11) is 1.64. The number of nitrogens with zero attached hydrogens (tertiary/aromatic N) is 4. The number of aryl methyl sites for hydroxylation is 1. The average Bonchev–Trinajstić information content (AvgIpc) is 3.15. The Morgan fingerprint density at radius 2 is 2.03 bits per heavy atom. The van der Waals surface area contributed by atoms with Crippen molar-refractivity contribution in [1.82, 2.24) is 20.1 Å². The van der Waals surface area contributed by atoms with Gasteiger partial charge in [-0.3, -0.25) is 9.78 Å². The van der Waals surface area contributed by atoms with Crippen LogP contribution < -0.4 is 15.0 Å². The van der Waals surface area contributed by atoms with E-state index in [9.17, 15) is 9.59 Å². The van der Waals surface area contributed by atoms with E-state index in [4.69, 9.17) is 4.74 Å². The number of amides is 2. The summed E-state index contributed by atoms with van der Waals surface area (Å²) in [4.78, 5) is 31.1. The maximum Gasteiger partial charge on any atom is 0.342 e. The molecule has 0 fully saturated rings. The number of anilines is 1. The zero-order chi connectivity index (χ0) is 20.4. The summed E-state index contributed by atoms with van der Waals surface area (Å²) >= 11 is 0. The van der Waals surface area contributed by atoms with E-state index in [1.165, 1.54) is 9.58 Å². The van der Waals surface area contributed by atoms with Crippen LogP contribution >= 0.6 is 0 Å². The van der Waals surface area contributed by atoms with Crippen molar-refractivity contribution in [2.45, 2.75) is 19.4 Å². The molecule has 2 amide bonds. The van der Waals surface area contributed by atoms with E-state index in [-0.39, 0.29) is 12.5 Å². The molecule has 0 saturated heterocycles. The van der Waals surface area contributed by atoms with Gasteiger partial charge in [-0.05, 0) is 18.1 Å². The molecule has 4 rings (SSSR count). The lowest BCUT2D eigenvalue weighted by atomic mass is 10.1. The Labute approximate surface area is 168 Å². The molecule has 1 atom stereocenters. The minimum Gasteiger partial charge on any atom is -0.489 e. The molecule has 3 aromatic rings. The number of carbonyl (C=O) groups is 2. The molecule has 8 nitrogen and oxygen atoms in total. The van der Waals surface area contributed by atoms with Crippen LogP contribution in [0, 0.1) is 6.92 Å². The SMILES string of the molecule is Cc1cc2c(cn1)N(C)C(=O)[C@@H](NC(=O)n1cc(Cc3ccccc3)cn1)CO2. The first-order chi connectivity index (χ1) is 14.0. The number of hydrogen-bond acceptors (Lipinski definition) is 5. The number of benzene rings is 1. The van der Waals surface area contributed by atoms with Crippen LogP contribution in [0.25, 0.3) is 0 Å². The molecule has 0 radical (unpaired) electrons. The zero-order valence-electron chi connectivity index (χ0n) is 16.2. The zero-order valence-corrected chi connectivity index (χ0v) is 16.2. The summed E-state index contributed by atoms with van der Waals surface area (Å²) in [5.41, 5.74) is 3.39. The van der Waals surface area contributed by atoms with Crippen molar-refractivity contribution in [3.63, 3.8) is 0 Å². The predicted molar refractivity (Wildman–Crippen MR) is 107 cm³/mol. The lowest BCUT2D eigenvalue weighted by Gasteiger charge is -2.20. The minimum atomic E-state index is -0.832. The lowest BCUT2D eigenvalue weighted by molar-refractivity contribution is -0.120. The number of aromatic nitrogens is 3. The number of likely N-dealkylation sites (N-methyl/N-ethyl adjacent to an activating group) is 1. The highest BCUT2D eigenvalue weighted by atomic mass is 16.5. The Balaban J connectivity index is 1.45. The van der Waals surface area contributed by atoms with Crippen molar-refractivity contribution in [2.24, 2.45) is 0 Å². The first-order valence-electron chi connectivity index (χ1n) is 9.26. The van der Waals surface area contributed by atoms with Gasteiger partial charge in [0.25, 0.3) is 5.91 Å². The minimum absolute atomic E-state index is 0.0313. The molecule has 0 bridgehead atoms. The van der Waals surface area contributed by atoms with Crippen LogP contribution in [0.4, 0.5) is 10.5 Å². The summed E-state index contributed by atoms with van der Waals surface area (Å²) in [5, 5.41) is 6.83. The average molecular weight is 391 g/mol. The largest absolute Gasteiger partial charge is 0.489 e. The van der Waals surface area contributed by atoms with Crippen molar-refractivity contribution in [1.29, 1.82) is 0 Å². The van der Waals surface area contributed by atoms with E-state index in [0.717, 1.165) is 16.8 Å². The van der Waals surface area contributed by atoms with E-state index in [1.807, 2.05) is 37.3 Å². The summed E-state index contributed by atoms with van der Waals surface area (Å²) in [6.07, 6.45) is 5.57. The molecule has 1 aromatic carbocycles. The van der Waals surface area contributed by atoms with Crippen molar-refractivity contribution < 1.29 is 14.3 Å². The molecule has 0 aliphatic carbocycles. The van der Waals surface area contributed by atoms with Crippen molar-refractivity contribution in [3.05, 3.63) is 71.8 Å². The molecule has 8 heteroatoms. The molecular weight excluding hydrogens is 370 g/mol. The second-order valence-electron chi connectivity index (χ2n) is 6.96. The van der Waals surface area contributed by atoms with Gasteiger partial charge in [-0.2, -0.15) is 9.78 Å². The Bertz CT molecular complexity index is 1050. The van der Waals surface area contributed by atoms with Crippen LogP contribution in [0.3, 0.4) is 0 Å². The number of rotatable bonds is 3. The van der Waals surface area contributed by atoms with Crippen molar-refractivity contribution in [3.8, 4) is 5.75 Å². The molecule has 29 heavy (non-hydrogen) atoms. The summed E-state index contributed by atoms with van der Waals surface area (Å²) in [5.74, 6) is 0.286. The van der Waals surface area contributed by atoms with Crippen LogP contribution in [-0.4, -0.2) is 46.4 Å². The van der Waals surface area contributed by atoms with Gasteiger partial charge in [0.1, 0.15) is 24.1 Å². The quantitative estimate of drug-likeness (QED) is 0.739. The second-order valence-corrected chi connectivity index (χ2v) is 6.96. The fourth-order valence-corrected chi connectivity index (χ4v) is 3.20. The van der Waals surface area contributed by atoms with Crippen LogP contribution in [0.5, 0.6) is 5.75 Å².